The minimum Gasteiger partial charge on any atom is -0.477 e. The zero-order chi connectivity index (χ0) is 16.4. The molecule has 0 aromatic carbocycles. The number of aromatic nitrogens is 1. The summed E-state index contributed by atoms with van der Waals surface area (Å²) in [6.45, 7) is 11.1. The van der Waals surface area contributed by atoms with Crippen molar-refractivity contribution in [2.24, 2.45) is 10.8 Å². The number of aryl methyl sites for hydroxylation is 1. The van der Waals surface area contributed by atoms with Crippen molar-refractivity contribution < 1.29 is 18.3 Å². The molecule has 118 valence electrons. The van der Waals surface area contributed by atoms with Gasteiger partial charge in [0.05, 0.1) is 0 Å². The summed E-state index contributed by atoms with van der Waals surface area (Å²) in [4.78, 5) is 13.8. The van der Waals surface area contributed by atoms with E-state index >= 15 is 0 Å². The summed E-state index contributed by atoms with van der Waals surface area (Å²) < 4.78 is 27.9. The van der Waals surface area contributed by atoms with Crippen LogP contribution in [0.4, 0.5) is 0 Å². The number of sulfonamides is 1. The summed E-state index contributed by atoms with van der Waals surface area (Å²) in [5.74, 6) is -1.16. The molecule has 1 heterocycles. The number of carboxylic acids is 1. The number of carbonyl (C=O) groups is 1. The lowest BCUT2D eigenvalue weighted by Crippen LogP contribution is -2.30. The summed E-state index contributed by atoms with van der Waals surface area (Å²) in [6.07, 6.45) is 0. The molecule has 3 N–H and O–H groups in total. The Kier molecular flexibility index (Phi) is 3.31. The van der Waals surface area contributed by atoms with E-state index in [1.807, 2.05) is 27.7 Å². The molecule has 0 saturated heterocycles. The van der Waals surface area contributed by atoms with E-state index in [4.69, 9.17) is 5.11 Å². The van der Waals surface area contributed by atoms with Gasteiger partial charge in [0.15, 0.2) is 0 Å². The molecule has 1 aromatic rings. The molecule has 0 spiro atoms. The van der Waals surface area contributed by atoms with Crippen LogP contribution >= 0.6 is 0 Å². The molecule has 7 heteroatoms. The van der Waals surface area contributed by atoms with Gasteiger partial charge in [-0.05, 0) is 24.7 Å². The smallest absolute Gasteiger partial charge is 0.352 e. The summed E-state index contributed by atoms with van der Waals surface area (Å²) in [5, 5.41) is 9.08. The van der Waals surface area contributed by atoms with Crippen molar-refractivity contribution in [1.29, 1.82) is 0 Å². The molecule has 0 aliphatic heterocycles. The third kappa shape index (κ3) is 2.19. The maximum atomic E-state index is 12.6. The lowest BCUT2D eigenvalue weighted by molar-refractivity contribution is 0.0690. The maximum absolute atomic E-state index is 12.6. The van der Waals surface area contributed by atoms with E-state index < -0.39 is 16.0 Å². The van der Waals surface area contributed by atoms with Gasteiger partial charge in [-0.15, -0.1) is 0 Å². The van der Waals surface area contributed by atoms with Crippen molar-refractivity contribution in [3.8, 4) is 0 Å². The van der Waals surface area contributed by atoms with Crippen LogP contribution in [0.25, 0.3) is 0 Å². The van der Waals surface area contributed by atoms with Crippen molar-refractivity contribution in [3.63, 3.8) is 0 Å². The van der Waals surface area contributed by atoms with Crippen LogP contribution in [0.5, 0.6) is 0 Å². The number of H-pyrrole nitrogens is 1. The van der Waals surface area contributed by atoms with Crippen molar-refractivity contribution in [2.75, 3.05) is 0 Å². The molecule has 6 nitrogen and oxygen atoms in total. The Hall–Kier alpha value is -1.34. The number of aromatic amines is 1. The minimum absolute atomic E-state index is 0.0402. The molecule has 1 saturated carbocycles. The van der Waals surface area contributed by atoms with Crippen molar-refractivity contribution >= 4 is 16.0 Å². The average Bonchev–Trinajstić information content (AvgIpc) is 2.58. The zero-order valence-corrected chi connectivity index (χ0v) is 14.0. The molecule has 1 aliphatic carbocycles. The normalized spacial score (nSPS) is 20.5. The van der Waals surface area contributed by atoms with Crippen molar-refractivity contribution in [1.82, 2.24) is 9.71 Å². The van der Waals surface area contributed by atoms with Crippen LogP contribution in [0.2, 0.25) is 0 Å². The second-order valence-electron chi connectivity index (χ2n) is 6.88. The van der Waals surface area contributed by atoms with Crippen LogP contribution < -0.4 is 4.72 Å². The molecule has 1 aliphatic rings. The van der Waals surface area contributed by atoms with E-state index in [0.717, 1.165) is 0 Å². The summed E-state index contributed by atoms with van der Waals surface area (Å²) in [5.41, 5.74) is 0.237. The number of nitrogens with one attached hydrogen (secondary N) is 2. The number of carboxylic acid groups (broad SMARTS) is 1. The van der Waals surface area contributed by atoms with E-state index in [2.05, 4.69) is 9.71 Å². The molecule has 1 aromatic heterocycles. The first-order valence-electron chi connectivity index (χ1n) is 6.79. The van der Waals surface area contributed by atoms with Crippen LogP contribution in [0, 0.1) is 24.7 Å². The summed E-state index contributed by atoms with van der Waals surface area (Å²) in [6, 6.07) is -0.169. The van der Waals surface area contributed by atoms with Gasteiger partial charge in [-0.2, -0.15) is 0 Å². The van der Waals surface area contributed by atoms with Gasteiger partial charge in [0.1, 0.15) is 10.6 Å². The van der Waals surface area contributed by atoms with Gasteiger partial charge in [-0.25, -0.2) is 17.9 Å². The molecule has 0 radical (unpaired) electrons. The molecule has 0 unspecified atom stereocenters. The van der Waals surface area contributed by atoms with Crippen LogP contribution in [-0.2, 0) is 10.0 Å². The van der Waals surface area contributed by atoms with Crippen molar-refractivity contribution in [2.45, 2.75) is 52.5 Å². The highest BCUT2D eigenvalue weighted by atomic mass is 32.2. The largest absolute Gasteiger partial charge is 0.477 e. The highest BCUT2D eigenvalue weighted by Crippen LogP contribution is 2.63. The molecule has 1 fully saturated rings. The van der Waals surface area contributed by atoms with E-state index in [1.165, 1.54) is 6.92 Å². The van der Waals surface area contributed by atoms with E-state index in [9.17, 15) is 13.2 Å². The number of hydrogen-bond acceptors (Lipinski definition) is 3. The molecule has 0 amide bonds. The molecule has 0 atom stereocenters. The molecule has 21 heavy (non-hydrogen) atoms. The van der Waals surface area contributed by atoms with E-state index in [1.54, 1.807) is 6.92 Å². The molecular formula is C14H22N2O4S. The SMILES string of the molecule is Cc1[nH]c(C(=O)O)c(C)c1S(=O)(=O)NC1C(C)(C)C1(C)C. The van der Waals surface area contributed by atoms with Crippen LogP contribution in [0.15, 0.2) is 4.90 Å². The summed E-state index contributed by atoms with van der Waals surface area (Å²) in [7, 11) is -3.76. The topological polar surface area (TPSA) is 99.3 Å². The first kappa shape index (κ1) is 16.0. The molecule has 2 rings (SSSR count). The van der Waals surface area contributed by atoms with Gasteiger partial charge in [-0.3, -0.25) is 0 Å². The second-order valence-corrected chi connectivity index (χ2v) is 8.53. The van der Waals surface area contributed by atoms with Gasteiger partial charge in [-0.1, -0.05) is 27.7 Å². The van der Waals surface area contributed by atoms with Crippen LogP contribution in [-0.4, -0.2) is 30.5 Å². The fraction of sp³-hybridized carbons (Fsp3) is 0.643. The predicted molar refractivity (Wildman–Crippen MR) is 78.9 cm³/mol. The van der Waals surface area contributed by atoms with Gasteiger partial charge < -0.3 is 10.1 Å². The number of hydrogen-bond donors (Lipinski definition) is 3. The molecule has 0 bridgehead atoms. The zero-order valence-electron chi connectivity index (χ0n) is 13.2. The standard InChI is InChI=1S/C14H22N2O4S/c1-7-9(11(17)18)15-8(2)10(7)21(19,20)16-12-13(3,4)14(12,5)6/h12,15-16H,1-6H3,(H,17,18). The second kappa shape index (κ2) is 4.33. The van der Waals surface area contributed by atoms with Crippen LogP contribution in [0.3, 0.4) is 0 Å². The Bertz CT molecular complexity index is 700. The quantitative estimate of drug-likeness (QED) is 0.792. The predicted octanol–water partition coefficient (Wildman–Crippen LogP) is 2.04. The van der Waals surface area contributed by atoms with E-state index in [-0.39, 0.29) is 33.0 Å². The highest BCUT2D eigenvalue weighted by Gasteiger charge is 2.66. The third-order valence-corrected chi connectivity index (χ3v) is 6.84. The first-order chi connectivity index (χ1) is 9.34. The Morgan fingerprint density at radius 2 is 1.67 bits per heavy atom. The lowest BCUT2D eigenvalue weighted by Gasteiger charge is -2.09. The Labute approximate surface area is 125 Å². The Balaban J connectivity index is 2.41. The average molecular weight is 314 g/mol. The number of rotatable bonds is 4. The van der Waals surface area contributed by atoms with Gasteiger partial charge in [0.2, 0.25) is 10.0 Å². The van der Waals surface area contributed by atoms with Gasteiger partial charge >= 0.3 is 5.97 Å². The highest BCUT2D eigenvalue weighted by molar-refractivity contribution is 7.89. The number of aromatic carboxylic acids is 1. The van der Waals surface area contributed by atoms with Gasteiger partial charge in [0.25, 0.3) is 0 Å². The van der Waals surface area contributed by atoms with Gasteiger partial charge in [0, 0.05) is 17.3 Å². The van der Waals surface area contributed by atoms with E-state index in [0.29, 0.717) is 5.69 Å². The molecular weight excluding hydrogens is 292 g/mol. The Morgan fingerprint density at radius 1 is 1.19 bits per heavy atom. The fourth-order valence-corrected chi connectivity index (χ4v) is 5.03. The van der Waals surface area contributed by atoms with Crippen molar-refractivity contribution in [3.05, 3.63) is 17.0 Å². The third-order valence-electron chi connectivity index (χ3n) is 5.15. The maximum Gasteiger partial charge on any atom is 0.352 e. The van der Waals surface area contributed by atoms with Crippen LogP contribution in [0.1, 0.15) is 49.4 Å². The Morgan fingerprint density at radius 3 is 2.00 bits per heavy atom. The fourth-order valence-electron chi connectivity index (χ4n) is 3.05. The minimum atomic E-state index is -3.76. The first-order valence-corrected chi connectivity index (χ1v) is 8.27. The monoisotopic (exact) mass is 314 g/mol. The summed E-state index contributed by atoms with van der Waals surface area (Å²) >= 11 is 0. The lowest BCUT2D eigenvalue weighted by atomic mass is 10.0.